The van der Waals surface area contributed by atoms with Crippen LogP contribution >= 0.6 is 0 Å². The van der Waals surface area contributed by atoms with Crippen molar-refractivity contribution in [3.63, 3.8) is 0 Å². The van der Waals surface area contributed by atoms with E-state index in [1.54, 1.807) is 0 Å². The molecule has 1 nitrogen and oxygen atoms in total. The van der Waals surface area contributed by atoms with Crippen LogP contribution in [0.4, 0.5) is 0 Å². The second-order valence-electron chi connectivity index (χ2n) is 6.25. The summed E-state index contributed by atoms with van der Waals surface area (Å²) in [7, 11) is 0. The predicted molar refractivity (Wildman–Crippen MR) is 88.5 cm³/mol. The van der Waals surface area contributed by atoms with Gasteiger partial charge in [0, 0.05) is 5.56 Å². The Morgan fingerprint density at radius 1 is 1.14 bits per heavy atom. The van der Waals surface area contributed by atoms with Crippen molar-refractivity contribution in [2.75, 3.05) is 13.1 Å². The van der Waals surface area contributed by atoms with E-state index < -0.39 is 0 Å². The van der Waals surface area contributed by atoms with Gasteiger partial charge in [-0.25, -0.2) is 0 Å². The Bertz CT molecular complexity index is 431. The molecule has 1 aliphatic carbocycles. The summed E-state index contributed by atoms with van der Waals surface area (Å²) in [6.45, 7) is 12.3. The van der Waals surface area contributed by atoms with E-state index in [1.165, 1.54) is 67.3 Å². The quantitative estimate of drug-likeness (QED) is 0.706. The van der Waals surface area contributed by atoms with Gasteiger partial charge >= 0.3 is 0 Å². The third-order valence-electron chi connectivity index (χ3n) is 5.29. The molecule has 0 spiro atoms. The molecule has 0 saturated heterocycles. The van der Waals surface area contributed by atoms with Gasteiger partial charge in [0.2, 0.25) is 0 Å². The molecule has 1 saturated carbocycles. The fourth-order valence-corrected chi connectivity index (χ4v) is 3.90. The molecule has 0 atom stereocenters. The van der Waals surface area contributed by atoms with Crippen molar-refractivity contribution < 1.29 is 16.9 Å². The van der Waals surface area contributed by atoms with Crippen molar-refractivity contribution in [1.82, 2.24) is 0 Å². The van der Waals surface area contributed by atoms with E-state index in [0.717, 1.165) is 6.04 Å². The lowest BCUT2D eigenvalue weighted by Gasteiger charge is -2.45. The van der Waals surface area contributed by atoms with E-state index in [1.807, 2.05) is 6.08 Å². The van der Waals surface area contributed by atoms with E-state index in [0.29, 0.717) is 0 Å². The monoisotopic (exact) mass is 307 g/mol. The molecule has 0 amide bonds. The molecule has 1 aliphatic rings. The van der Waals surface area contributed by atoms with Crippen molar-refractivity contribution in [3.8, 4) is 0 Å². The highest BCUT2D eigenvalue weighted by Crippen LogP contribution is 2.30. The maximum atomic E-state index is 3.89. The Hall–Kier alpha value is -0.790. The smallest absolute Gasteiger partial charge is 0.105 e. The minimum Gasteiger partial charge on any atom is -1.00 e. The van der Waals surface area contributed by atoms with Crippen LogP contribution in [0.3, 0.4) is 0 Å². The number of quaternary nitrogens is 1. The Morgan fingerprint density at radius 2 is 1.81 bits per heavy atom. The molecule has 0 N–H and O–H groups in total. The molecule has 0 radical (unpaired) electrons. The zero-order valence-electron chi connectivity index (χ0n) is 13.7. The molecule has 2 rings (SSSR count). The summed E-state index contributed by atoms with van der Waals surface area (Å²) in [5.74, 6) is 0. The van der Waals surface area contributed by atoms with Gasteiger partial charge in [0.05, 0.1) is 19.1 Å². The van der Waals surface area contributed by atoms with Crippen LogP contribution in [0.25, 0.3) is 6.08 Å². The fraction of sp³-hybridized carbons (Fsp3) is 0.579. The highest BCUT2D eigenvalue weighted by atomic mass is 35.5. The predicted octanol–water partition coefficient (Wildman–Crippen LogP) is 2.02. The Balaban J connectivity index is 0.00000220. The number of halogens is 1. The summed E-state index contributed by atoms with van der Waals surface area (Å²) >= 11 is 0. The van der Waals surface area contributed by atoms with Crippen LogP contribution in [-0.2, 0) is 6.54 Å². The largest absolute Gasteiger partial charge is 1.00 e. The zero-order valence-corrected chi connectivity index (χ0v) is 14.4. The van der Waals surface area contributed by atoms with E-state index in [4.69, 9.17) is 0 Å². The van der Waals surface area contributed by atoms with Crippen LogP contribution in [0.15, 0.2) is 30.8 Å². The van der Waals surface area contributed by atoms with Crippen molar-refractivity contribution in [2.24, 2.45) is 0 Å². The normalized spacial score (nSPS) is 16.3. The molecule has 0 heterocycles. The van der Waals surface area contributed by atoms with Crippen molar-refractivity contribution in [2.45, 2.75) is 58.5 Å². The maximum absolute atomic E-state index is 3.89. The van der Waals surface area contributed by atoms with Gasteiger partial charge in [-0.1, -0.05) is 37.3 Å². The fourth-order valence-electron chi connectivity index (χ4n) is 3.90. The average Bonchev–Trinajstić information content (AvgIpc) is 2.54. The van der Waals surface area contributed by atoms with E-state index in [2.05, 4.69) is 44.7 Å². The summed E-state index contributed by atoms with van der Waals surface area (Å²) in [6, 6.07) is 9.78. The first-order chi connectivity index (χ1) is 9.74. The van der Waals surface area contributed by atoms with Crippen LogP contribution in [-0.4, -0.2) is 23.6 Å². The topological polar surface area (TPSA) is 0 Å². The number of hydrogen-bond donors (Lipinski definition) is 0. The molecule has 0 aromatic heterocycles. The van der Waals surface area contributed by atoms with Crippen LogP contribution in [0, 0.1) is 0 Å². The van der Waals surface area contributed by atoms with Gasteiger partial charge in [0.25, 0.3) is 0 Å². The van der Waals surface area contributed by atoms with Crippen LogP contribution in [0.5, 0.6) is 0 Å². The molecule has 118 valence electrons. The molecule has 1 fully saturated rings. The first kappa shape index (κ1) is 18.3. The number of benzene rings is 1. The van der Waals surface area contributed by atoms with Gasteiger partial charge in [-0.2, -0.15) is 0 Å². The zero-order chi connectivity index (χ0) is 14.4. The van der Waals surface area contributed by atoms with E-state index >= 15 is 0 Å². The second-order valence-corrected chi connectivity index (χ2v) is 6.25. The number of nitrogens with zero attached hydrogens (tertiary/aromatic N) is 1. The average molecular weight is 308 g/mol. The molecule has 0 unspecified atom stereocenters. The summed E-state index contributed by atoms with van der Waals surface area (Å²) in [6.07, 6.45) is 9.09. The first-order valence-electron chi connectivity index (χ1n) is 8.31. The van der Waals surface area contributed by atoms with Gasteiger partial charge in [0.1, 0.15) is 6.54 Å². The van der Waals surface area contributed by atoms with Crippen molar-refractivity contribution in [1.29, 1.82) is 0 Å². The minimum atomic E-state index is 0. The van der Waals surface area contributed by atoms with Crippen LogP contribution in [0.1, 0.15) is 57.1 Å². The lowest BCUT2D eigenvalue weighted by atomic mass is 9.91. The third kappa shape index (κ3) is 4.34. The summed E-state index contributed by atoms with van der Waals surface area (Å²) in [5.41, 5.74) is 2.72. The summed E-state index contributed by atoms with van der Waals surface area (Å²) < 4.78 is 1.26. The lowest BCUT2D eigenvalue weighted by molar-refractivity contribution is -0.961. The standard InChI is InChI=1S/C19H30N.ClH/c1-4-17-11-10-12-18(15-17)16-20(5-2,6-3)19-13-8-7-9-14-19;/h4,10-12,15,19H,1,5-9,13-14,16H2,2-3H3;1H/q+1;/p-1. The maximum Gasteiger partial charge on any atom is 0.105 e. The summed E-state index contributed by atoms with van der Waals surface area (Å²) in [4.78, 5) is 0. The van der Waals surface area contributed by atoms with Crippen molar-refractivity contribution >= 4 is 6.08 Å². The van der Waals surface area contributed by atoms with Gasteiger partial charge in [-0.05, 0) is 51.2 Å². The van der Waals surface area contributed by atoms with Crippen LogP contribution < -0.4 is 12.4 Å². The highest BCUT2D eigenvalue weighted by molar-refractivity contribution is 5.47. The molecular weight excluding hydrogens is 278 g/mol. The van der Waals surface area contributed by atoms with Gasteiger partial charge in [-0.15, -0.1) is 0 Å². The third-order valence-corrected chi connectivity index (χ3v) is 5.29. The Kier molecular flexibility index (Phi) is 7.48. The molecular formula is C19H30ClN. The Morgan fingerprint density at radius 3 is 2.38 bits per heavy atom. The Labute approximate surface area is 137 Å². The first-order valence-corrected chi connectivity index (χ1v) is 8.31. The van der Waals surface area contributed by atoms with E-state index in [-0.39, 0.29) is 12.4 Å². The molecule has 1 aromatic carbocycles. The molecule has 1 aromatic rings. The molecule has 21 heavy (non-hydrogen) atoms. The summed E-state index contributed by atoms with van der Waals surface area (Å²) in [5, 5.41) is 0. The van der Waals surface area contributed by atoms with E-state index in [9.17, 15) is 0 Å². The molecule has 0 bridgehead atoms. The highest BCUT2D eigenvalue weighted by Gasteiger charge is 2.34. The molecule has 2 heteroatoms. The second kappa shape index (κ2) is 8.60. The van der Waals surface area contributed by atoms with Crippen molar-refractivity contribution in [3.05, 3.63) is 42.0 Å². The van der Waals surface area contributed by atoms with Crippen LogP contribution in [0.2, 0.25) is 0 Å². The van der Waals surface area contributed by atoms with Gasteiger partial charge in [-0.3, -0.25) is 0 Å². The minimum absolute atomic E-state index is 0. The number of hydrogen-bond acceptors (Lipinski definition) is 0. The SMILES string of the molecule is C=Cc1cccc(C[N+](CC)(CC)C2CCCCC2)c1.[Cl-]. The lowest BCUT2D eigenvalue weighted by Crippen LogP contribution is -3.00. The van der Waals surface area contributed by atoms with Gasteiger partial charge in [0.15, 0.2) is 0 Å². The van der Waals surface area contributed by atoms with Gasteiger partial charge < -0.3 is 16.9 Å². The molecule has 0 aliphatic heterocycles. The number of rotatable bonds is 6.